The average molecular weight is 335 g/mol. The minimum atomic E-state index is -3.51. The Morgan fingerprint density at radius 2 is 2.04 bits per heavy atom. The van der Waals surface area contributed by atoms with E-state index in [9.17, 15) is 8.42 Å². The van der Waals surface area contributed by atoms with Crippen molar-refractivity contribution < 1.29 is 8.42 Å². The quantitative estimate of drug-likeness (QED) is 0.869. The molecule has 0 radical (unpaired) electrons. The van der Waals surface area contributed by atoms with Gasteiger partial charge in [-0.2, -0.15) is 17.4 Å². The molecule has 3 rings (SSSR count). The van der Waals surface area contributed by atoms with Gasteiger partial charge in [0.25, 0.3) is 10.2 Å². The zero-order chi connectivity index (χ0) is 16.4. The van der Waals surface area contributed by atoms with Crippen LogP contribution in [-0.2, 0) is 36.6 Å². The van der Waals surface area contributed by atoms with Gasteiger partial charge in [-0.1, -0.05) is 29.5 Å². The molecule has 1 aliphatic heterocycles. The van der Waals surface area contributed by atoms with Gasteiger partial charge in [0.15, 0.2) is 0 Å². The molecule has 8 heteroatoms. The van der Waals surface area contributed by atoms with Crippen LogP contribution in [0.2, 0.25) is 0 Å². The summed E-state index contributed by atoms with van der Waals surface area (Å²) in [7, 11) is -1.72. The van der Waals surface area contributed by atoms with E-state index in [1.54, 1.807) is 17.9 Å². The maximum Gasteiger partial charge on any atom is 0.280 e. The van der Waals surface area contributed by atoms with E-state index in [0.29, 0.717) is 19.5 Å². The van der Waals surface area contributed by atoms with Crippen molar-refractivity contribution in [2.75, 3.05) is 6.54 Å². The van der Waals surface area contributed by atoms with Crippen molar-refractivity contribution in [3.8, 4) is 0 Å². The molecule has 1 aliphatic rings. The molecule has 7 nitrogen and oxygen atoms in total. The Hall–Kier alpha value is -1.77. The maximum absolute atomic E-state index is 12.6. The zero-order valence-electron chi connectivity index (χ0n) is 13.3. The highest BCUT2D eigenvalue weighted by Crippen LogP contribution is 2.20. The Labute approximate surface area is 136 Å². The van der Waals surface area contributed by atoms with Crippen molar-refractivity contribution >= 4 is 10.2 Å². The number of aromatic nitrogens is 3. The molecular formula is C15H21N5O2S. The predicted molar refractivity (Wildman–Crippen MR) is 86.8 cm³/mol. The summed E-state index contributed by atoms with van der Waals surface area (Å²) in [5, 5.41) is 7.85. The minimum absolute atomic E-state index is 0.242. The fourth-order valence-electron chi connectivity index (χ4n) is 2.85. The number of nitrogens with one attached hydrogen (secondary N) is 1. The Morgan fingerprint density at radius 1 is 1.30 bits per heavy atom. The Balaban J connectivity index is 1.65. The molecule has 2 heterocycles. The summed E-state index contributed by atoms with van der Waals surface area (Å²) < 4.78 is 31.0. The predicted octanol–water partition coefficient (Wildman–Crippen LogP) is 0.639. The summed E-state index contributed by atoms with van der Waals surface area (Å²) in [6.45, 7) is 2.76. The highest BCUT2D eigenvalue weighted by Gasteiger charge is 2.27. The van der Waals surface area contributed by atoms with Crippen LogP contribution in [0.4, 0.5) is 0 Å². The summed E-state index contributed by atoms with van der Waals surface area (Å²) >= 11 is 0. The van der Waals surface area contributed by atoms with Crippen LogP contribution in [0.25, 0.3) is 0 Å². The Bertz CT molecular complexity index is 787. The molecule has 1 aromatic heterocycles. The summed E-state index contributed by atoms with van der Waals surface area (Å²) in [6.07, 6.45) is 3.05. The maximum atomic E-state index is 12.6. The number of hydrogen-bond acceptors (Lipinski definition) is 4. The lowest BCUT2D eigenvalue weighted by Gasteiger charge is -2.29. The lowest BCUT2D eigenvalue weighted by atomic mass is 10.0. The Kier molecular flexibility index (Phi) is 4.47. The standard InChI is InChI=1S/C15H21N5O2S/c1-12(9-15-11-19(2)18-16-15)17-23(21,22)20-8-7-13-5-3-4-6-14(13)10-20/h3-6,11-12,17H,7-10H2,1-2H3/t12-/m1/s1. The number of hydrogen-bond donors (Lipinski definition) is 1. The number of rotatable bonds is 5. The van der Waals surface area contributed by atoms with E-state index >= 15 is 0 Å². The van der Waals surface area contributed by atoms with E-state index in [2.05, 4.69) is 21.1 Å². The van der Waals surface area contributed by atoms with E-state index in [1.807, 2.05) is 25.1 Å². The van der Waals surface area contributed by atoms with Gasteiger partial charge in [-0.25, -0.2) is 0 Å². The molecule has 1 aromatic carbocycles. The zero-order valence-corrected chi connectivity index (χ0v) is 14.1. The molecule has 0 aliphatic carbocycles. The first-order chi connectivity index (χ1) is 10.9. The van der Waals surface area contributed by atoms with Crippen LogP contribution in [0.3, 0.4) is 0 Å². The second-order valence-electron chi connectivity index (χ2n) is 5.96. The lowest BCUT2D eigenvalue weighted by molar-refractivity contribution is 0.379. The lowest BCUT2D eigenvalue weighted by Crippen LogP contribution is -2.46. The van der Waals surface area contributed by atoms with Crippen LogP contribution in [0, 0.1) is 0 Å². The molecule has 1 N–H and O–H groups in total. The van der Waals surface area contributed by atoms with Gasteiger partial charge in [0.05, 0.1) is 5.69 Å². The fourth-order valence-corrected chi connectivity index (χ4v) is 4.23. The SMILES string of the molecule is C[C@H](Cc1cn(C)nn1)NS(=O)(=O)N1CCc2ccccc2C1. The van der Waals surface area contributed by atoms with Crippen molar-refractivity contribution in [2.24, 2.45) is 7.05 Å². The van der Waals surface area contributed by atoms with Gasteiger partial charge in [0.1, 0.15) is 0 Å². The van der Waals surface area contributed by atoms with Crippen LogP contribution >= 0.6 is 0 Å². The van der Waals surface area contributed by atoms with Crippen LogP contribution < -0.4 is 4.72 Å². The monoisotopic (exact) mass is 335 g/mol. The summed E-state index contributed by atoms with van der Waals surface area (Å²) in [5.74, 6) is 0. The highest BCUT2D eigenvalue weighted by molar-refractivity contribution is 7.87. The van der Waals surface area contributed by atoms with Gasteiger partial charge < -0.3 is 0 Å². The molecule has 0 spiro atoms. The van der Waals surface area contributed by atoms with Gasteiger partial charge in [-0.15, -0.1) is 5.10 Å². The number of aryl methyl sites for hydroxylation is 1. The first-order valence-electron chi connectivity index (χ1n) is 7.63. The molecule has 0 fully saturated rings. The molecule has 0 unspecified atom stereocenters. The molecule has 0 saturated carbocycles. The minimum Gasteiger partial charge on any atom is -0.255 e. The smallest absolute Gasteiger partial charge is 0.255 e. The molecule has 0 amide bonds. The van der Waals surface area contributed by atoms with Crippen molar-refractivity contribution in [1.82, 2.24) is 24.0 Å². The second kappa shape index (κ2) is 6.38. The third-order valence-corrected chi connectivity index (χ3v) is 5.64. The van der Waals surface area contributed by atoms with E-state index < -0.39 is 10.2 Å². The van der Waals surface area contributed by atoms with Crippen molar-refractivity contribution in [2.45, 2.75) is 32.4 Å². The highest BCUT2D eigenvalue weighted by atomic mass is 32.2. The average Bonchev–Trinajstić information content (AvgIpc) is 2.91. The summed E-state index contributed by atoms with van der Waals surface area (Å²) in [4.78, 5) is 0. The van der Waals surface area contributed by atoms with Gasteiger partial charge in [0.2, 0.25) is 0 Å². The van der Waals surface area contributed by atoms with E-state index in [4.69, 9.17) is 0 Å². The van der Waals surface area contributed by atoms with Crippen molar-refractivity contribution in [3.05, 3.63) is 47.3 Å². The molecule has 0 saturated heterocycles. The first kappa shape index (κ1) is 16.1. The molecule has 23 heavy (non-hydrogen) atoms. The Morgan fingerprint density at radius 3 is 2.74 bits per heavy atom. The van der Waals surface area contributed by atoms with Crippen LogP contribution in [0.1, 0.15) is 23.7 Å². The first-order valence-corrected chi connectivity index (χ1v) is 9.07. The van der Waals surface area contributed by atoms with Gasteiger partial charge in [-0.3, -0.25) is 4.68 Å². The van der Waals surface area contributed by atoms with Gasteiger partial charge in [0, 0.05) is 38.8 Å². The van der Waals surface area contributed by atoms with Crippen LogP contribution in [0.15, 0.2) is 30.5 Å². The number of nitrogens with zero attached hydrogens (tertiary/aromatic N) is 4. The molecule has 1 atom stereocenters. The van der Waals surface area contributed by atoms with Gasteiger partial charge in [-0.05, 0) is 24.5 Å². The number of fused-ring (bicyclic) bond motifs is 1. The fraction of sp³-hybridized carbons (Fsp3) is 0.467. The molecule has 0 bridgehead atoms. The van der Waals surface area contributed by atoms with E-state index in [1.165, 1.54) is 9.87 Å². The summed E-state index contributed by atoms with van der Waals surface area (Å²) in [6, 6.07) is 7.74. The van der Waals surface area contributed by atoms with E-state index in [0.717, 1.165) is 17.7 Å². The van der Waals surface area contributed by atoms with Crippen molar-refractivity contribution in [3.63, 3.8) is 0 Å². The van der Waals surface area contributed by atoms with Crippen LogP contribution in [0.5, 0.6) is 0 Å². The third-order valence-electron chi connectivity index (χ3n) is 3.95. The topological polar surface area (TPSA) is 80.1 Å². The van der Waals surface area contributed by atoms with Gasteiger partial charge >= 0.3 is 0 Å². The largest absolute Gasteiger partial charge is 0.280 e. The normalized spacial score (nSPS) is 17.0. The molecule has 2 aromatic rings. The summed E-state index contributed by atoms with van der Waals surface area (Å²) in [5.41, 5.74) is 3.07. The second-order valence-corrected chi connectivity index (χ2v) is 7.67. The third kappa shape index (κ3) is 3.77. The van der Waals surface area contributed by atoms with E-state index in [-0.39, 0.29) is 6.04 Å². The van der Waals surface area contributed by atoms with Crippen molar-refractivity contribution in [1.29, 1.82) is 0 Å². The molecule has 124 valence electrons. The number of benzene rings is 1. The molecular weight excluding hydrogens is 314 g/mol. The van der Waals surface area contributed by atoms with Crippen LogP contribution in [-0.4, -0.2) is 40.3 Å².